The van der Waals surface area contributed by atoms with Gasteiger partial charge in [0, 0.05) is 0 Å². The minimum absolute atomic E-state index is 0.169. The molecular weight excluding hydrogens is 476 g/mol. The minimum Gasteiger partial charge on any atom is -0.497 e. The number of amides is 1. The summed E-state index contributed by atoms with van der Waals surface area (Å²) in [6, 6.07) is 23.1. The molecule has 0 aromatic heterocycles. The first-order chi connectivity index (χ1) is 15.1. The fourth-order valence-electron chi connectivity index (χ4n) is 2.87. The quantitative estimate of drug-likeness (QED) is 0.431. The van der Waals surface area contributed by atoms with Gasteiger partial charge in [-0.3, -0.25) is 4.79 Å². The van der Waals surface area contributed by atoms with Gasteiger partial charge < -0.3 is 14.8 Å². The SMILES string of the molecule is COc1ccc(N=C2NC(=O)/C(=C/c3ccc(OCc4ccccc4)c(Br)c3)S2)cc1. The first kappa shape index (κ1) is 21.2. The molecule has 156 valence electrons. The molecule has 1 fully saturated rings. The number of rotatable bonds is 6. The number of carbonyl (C=O) groups excluding carboxylic acids is 1. The molecule has 1 aliphatic heterocycles. The second kappa shape index (κ2) is 9.85. The Hall–Kier alpha value is -3.03. The van der Waals surface area contributed by atoms with Gasteiger partial charge in [0.2, 0.25) is 0 Å². The van der Waals surface area contributed by atoms with E-state index in [0.29, 0.717) is 16.7 Å². The van der Waals surface area contributed by atoms with Crippen LogP contribution in [0.25, 0.3) is 6.08 Å². The summed E-state index contributed by atoms with van der Waals surface area (Å²) in [5.74, 6) is 1.34. The lowest BCUT2D eigenvalue weighted by Crippen LogP contribution is -2.19. The third-order valence-electron chi connectivity index (χ3n) is 4.44. The van der Waals surface area contributed by atoms with Gasteiger partial charge in [-0.25, -0.2) is 4.99 Å². The fraction of sp³-hybridized carbons (Fsp3) is 0.0833. The number of aliphatic imine (C=N–C) groups is 1. The van der Waals surface area contributed by atoms with Gasteiger partial charge in [0.1, 0.15) is 18.1 Å². The van der Waals surface area contributed by atoms with Crippen molar-refractivity contribution in [1.29, 1.82) is 0 Å². The van der Waals surface area contributed by atoms with Crippen molar-refractivity contribution < 1.29 is 14.3 Å². The van der Waals surface area contributed by atoms with Crippen molar-refractivity contribution in [1.82, 2.24) is 5.32 Å². The van der Waals surface area contributed by atoms with E-state index in [9.17, 15) is 4.79 Å². The van der Waals surface area contributed by atoms with Crippen LogP contribution in [0.5, 0.6) is 11.5 Å². The maximum Gasteiger partial charge on any atom is 0.264 e. The summed E-state index contributed by atoms with van der Waals surface area (Å²) < 4.78 is 11.9. The smallest absolute Gasteiger partial charge is 0.264 e. The number of ether oxygens (including phenoxy) is 2. The summed E-state index contributed by atoms with van der Waals surface area (Å²) >= 11 is 4.87. The molecule has 0 spiro atoms. The predicted octanol–water partition coefficient (Wildman–Crippen LogP) is 5.93. The molecule has 1 aliphatic rings. The van der Waals surface area contributed by atoms with E-state index >= 15 is 0 Å². The third kappa shape index (κ3) is 5.57. The number of amidine groups is 1. The highest BCUT2D eigenvalue weighted by Crippen LogP contribution is 2.31. The summed E-state index contributed by atoms with van der Waals surface area (Å²) in [6.07, 6.45) is 1.84. The van der Waals surface area contributed by atoms with E-state index in [1.54, 1.807) is 7.11 Å². The molecule has 0 unspecified atom stereocenters. The number of hydrogen-bond donors (Lipinski definition) is 1. The normalized spacial score (nSPS) is 15.9. The second-order valence-corrected chi connectivity index (χ2v) is 8.53. The number of carbonyl (C=O) groups is 1. The van der Waals surface area contributed by atoms with E-state index < -0.39 is 0 Å². The lowest BCUT2D eigenvalue weighted by atomic mass is 10.2. The second-order valence-electron chi connectivity index (χ2n) is 6.64. The van der Waals surface area contributed by atoms with Gasteiger partial charge in [-0.05, 0) is 81.3 Å². The number of thioether (sulfide) groups is 1. The molecule has 31 heavy (non-hydrogen) atoms. The van der Waals surface area contributed by atoms with Gasteiger partial charge in [-0.1, -0.05) is 36.4 Å². The van der Waals surface area contributed by atoms with Crippen molar-refractivity contribution in [3.05, 3.63) is 93.3 Å². The lowest BCUT2D eigenvalue weighted by molar-refractivity contribution is -0.115. The van der Waals surface area contributed by atoms with Crippen LogP contribution in [0.15, 0.2) is 87.2 Å². The first-order valence-corrected chi connectivity index (χ1v) is 11.1. The zero-order valence-corrected chi connectivity index (χ0v) is 19.1. The highest BCUT2D eigenvalue weighted by atomic mass is 79.9. The minimum atomic E-state index is -0.169. The molecule has 0 bridgehead atoms. The van der Waals surface area contributed by atoms with Crippen LogP contribution in [0.3, 0.4) is 0 Å². The van der Waals surface area contributed by atoms with Crippen molar-refractivity contribution in [2.75, 3.05) is 7.11 Å². The van der Waals surface area contributed by atoms with Crippen LogP contribution in [0.1, 0.15) is 11.1 Å². The molecule has 1 N–H and O–H groups in total. The molecule has 1 saturated heterocycles. The topological polar surface area (TPSA) is 59.9 Å². The molecule has 4 rings (SSSR count). The van der Waals surface area contributed by atoms with Gasteiger partial charge in [0.25, 0.3) is 5.91 Å². The summed E-state index contributed by atoms with van der Waals surface area (Å²) in [5.41, 5.74) is 2.73. The molecule has 7 heteroatoms. The zero-order valence-electron chi connectivity index (χ0n) is 16.7. The van der Waals surface area contributed by atoms with Crippen LogP contribution in [0.2, 0.25) is 0 Å². The van der Waals surface area contributed by atoms with E-state index in [0.717, 1.165) is 32.8 Å². The van der Waals surface area contributed by atoms with Crippen LogP contribution in [0.4, 0.5) is 5.69 Å². The standard InChI is InChI=1S/C24H19BrN2O3S/c1-29-19-10-8-18(9-11-19)26-24-27-23(28)22(31-24)14-17-7-12-21(20(25)13-17)30-15-16-5-3-2-4-6-16/h2-14H,15H2,1H3,(H,26,27,28)/b22-14-. The first-order valence-electron chi connectivity index (χ1n) is 9.50. The molecule has 1 amide bonds. The molecule has 1 heterocycles. The van der Waals surface area contributed by atoms with Crippen molar-refractivity contribution in [3.8, 4) is 11.5 Å². The lowest BCUT2D eigenvalue weighted by Gasteiger charge is -2.09. The number of methoxy groups -OCH3 is 1. The van der Waals surface area contributed by atoms with E-state index in [-0.39, 0.29) is 5.91 Å². The van der Waals surface area contributed by atoms with Crippen molar-refractivity contribution >= 4 is 50.5 Å². The van der Waals surface area contributed by atoms with E-state index in [2.05, 4.69) is 26.2 Å². The molecule has 5 nitrogen and oxygen atoms in total. The number of nitrogens with zero attached hydrogens (tertiary/aromatic N) is 1. The van der Waals surface area contributed by atoms with Gasteiger partial charge >= 0.3 is 0 Å². The van der Waals surface area contributed by atoms with Crippen LogP contribution >= 0.6 is 27.7 Å². The Balaban J connectivity index is 1.44. The van der Waals surface area contributed by atoms with Gasteiger partial charge in [0.05, 0.1) is 22.2 Å². The number of halogens is 1. The van der Waals surface area contributed by atoms with Gasteiger partial charge in [0.15, 0.2) is 5.17 Å². The van der Waals surface area contributed by atoms with Crippen molar-refractivity contribution in [2.24, 2.45) is 4.99 Å². The Morgan fingerprint density at radius 1 is 1.06 bits per heavy atom. The van der Waals surface area contributed by atoms with Crippen LogP contribution in [0, 0.1) is 0 Å². The molecule has 0 saturated carbocycles. The fourth-order valence-corrected chi connectivity index (χ4v) is 4.22. The Labute approximate surface area is 193 Å². The molecular formula is C24H19BrN2O3S. The molecule has 0 aliphatic carbocycles. The maximum atomic E-state index is 12.4. The zero-order chi connectivity index (χ0) is 21.6. The third-order valence-corrected chi connectivity index (χ3v) is 5.97. The van der Waals surface area contributed by atoms with E-state index in [1.165, 1.54) is 11.8 Å². The van der Waals surface area contributed by atoms with Crippen LogP contribution < -0.4 is 14.8 Å². The molecule has 3 aromatic carbocycles. The van der Waals surface area contributed by atoms with Crippen LogP contribution in [-0.2, 0) is 11.4 Å². The van der Waals surface area contributed by atoms with Gasteiger partial charge in [-0.15, -0.1) is 0 Å². The van der Waals surface area contributed by atoms with Gasteiger partial charge in [-0.2, -0.15) is 0 Å². The average Bonchev–Trinajstić information content (AvgIpc) is 3.13. The molecule has 0 radical (unpaired) electrons. The van der Waals surface area contributed by atoms with E-state index in [4.69, 9.17) is 9.47 Å². The summed E-state index contributed by atoms with van der Waals surface area (Å²) in [5, 5.41) is 3.35. The number of nitrogens with one attached hydrogen (secondary N) is 1. The Morgan fingerprint density at radius 2 is 1.84 bits per heavy atom. The molecule has 0 atom stereocenters. The highest BCUT2D eigenvalue weighted by molar-refractivity contribution is 9.10. The van der Waals surface area contributed by atoms with Crippen molar-refractivity contribution in [2.45, 2.75) is 6.61 Å². The Morgan fingerprint density at radius 3 is 2.55 bits per heavy atom. The Bertz CT molecular complexity index is 1150. The summed E-state index contributed by atoms with van der Waals surface area (Å²) in [4.78, 5) is 17.4. The summed E-state index contributed by atoms with van der Waals surface area (Å²) in [6.45, 7) is 0.489. The van der Waals surface area contributed by atoms with Crippen molar-refractivity contribution in [3.63, 3.8) is 0 Å². The van der Waals surface area contributed by atoms with Crippen LogP contribution in [-0.4, -0.2) is 18.2 Å². The monoisotopic (exact) mass is 494 g/mol. The van der Waals surface area contributed by atoms with E-state index in [1.807, 2.05) is 78.9 Å². The Kier molecular flexibility index (Phi) is 6.74. The largest absolute Gasteiger partial charge is 0.497 e. The summed E-state index contributed by atoms with van der Waals surface area (Å²) in [7, 11) is 1.62. The number of benzene rings is 3. The highest BCUT2D eigenvalue weighted by Gasteiger charge is 2.23. The average molecular weight is 495 g/mol. The maximum absolute atomic E-state index is 12.4. The number of hydrogen-bond acceptors (Lipinski definition) is 5. The predicted molar refractivity (Wildman–Crippen MR) is 129 cm³/mol. The molecule has 3 aromatic rings.